The number of carbonyl (C=O) groups excluding carboxylic acids is 1. The number of rotatable bonds is 7. The molecule has 1 atom stereocenters. The molecule has 1 aliphatic rings. The van der Waals surface area contributed by atoms with Gasteiger partial charge in [0.1, 0.15) is 6.04 Å². The van der Waals surface area contributed by atoms with E-state index in [0.717, 1.165) is 39.0 Å². The van der Waals surface area contributed by atoms with E-state index in [9.17, 15) is 4.79 Å². The quantitative estimate of drug-likeness (QED) is 0.679. The first kappa shape index (κ1) is 15.4. The van der Waals surface area contributed by atoms with E-state index in [-0.39, 0.29) is 12.0 Å². The number of ether oxygens (including phenoxy) is 2. The summed E-state index contributed by atoms with van der Waals surface area (Å²) in [6.45, 7) is 5.25. The molecule has 1 unspecified atom stereocenters. The highest BCUT2D eigenvalue weighted by Gasteiger charge is 2.25. The second-order valence-electron chi connectivity index (χ2n) is 4.81. The third-order valence-electron chi connectivity index (χ3n) is 3.41. The molecule has 106 valence electrons. The first-order chi connectivity index (χ1) is 8.69. The predicted molar refractivity (Wildman–Crippen MR) is 70.6 cm³/mol. The van der Waals surface area contributed by atoms with Gasteiger partial charge in [-0.25, -0.2) is 0 Å². The average molecular weight is 258 g/mol. The summed E-state index contributed by atoms with van der Waals surface area (Å²) in [7, 11) is 3.51. The molecule has 0 amide bonds. The van der Waals surface area contributed by atoms with Gasteiger partial charge >= 0.3 is 5.97 Å². The minimum absolute atomic E-state index is 0.178. The van der Waals surface area contributed by atoms with Crippen molar-refractivity contribution in [3.8, 4) is 0 Å². The summed E-state index contributed by atoms with van der Waals surface area (Å²) in [4.78, 5) is 13.9. The SMILES string of the molecule is CCCNC(CN(C)C1CCOCC1)C(=O)OC. The number of hydrogen-bond acceptors (Lipinski definition) is 5. The Balaban J connectivity index is 2.44. The number of nitrogens with zero attached hydrogens (tertiary/aromatic N) is 1. The fraction of sp³-hybridized carbons (Fsp3) is 0.923. The smallest absolute Gasteiger partial charge is 0.324 e. The van der Waals surface area contributed by atoms with Gasteiger partial charge in [-0.2, -0.15) is 0 Å². The number of nitrogens with one attached hydrogen (secondary N) is 1. The Labute approximate surface area is 110 Å². The molecule has 1 N–H and O–H groups in total. The number of carbonyl (C=O) groups is 1. The van der Waals surface area contributed by atoms with E-state index in [1.165, 1.54) is 7.11 Å². The Bertz CT molecular complexity index is 242. The van der Waals surface area contributed by atoms with Crippen LogP contribution in [0, 0.1) is 0 Å². The van der Waals surface area contributed by atoms with E-state index in [1.807, 2.05) is 0 Å². The Morgan fingerprint density at radius 1 is 1.50 bits per heavy atom. The van der Waals surface area contributed by atoms with Gasteiger partial charge < -0.3 is 19.7 Å². The van der Waals surface area contributed by atoms with Crippen LogP contribution in [0.4, 0.5) is 0 Å². The first-order valence-electron chi connectivity index (χ1n) is 6.78. The van der Waals surface area contributed by atoms with E-state index < -0.39 is 0 Å². The fourth-order valence-corrected chi connectivity index (χ4v) is 2.25. The summed E-state index contributed by atoms with van der Waals surface area (Å²) in [5.41, 5.74) is 0. The van der Waals surface area contributed by atoms with Crippen molar-refractivity contribution in [2.75, 3.05) is 40.5 Å². The molecule has 0 aromatic carbocycles. The minimum Gasteiger partial charge on any atom is -0.468 e. The monoisotopic (exact) mass is 258 g/mol. The standard InChI is InChI=1S/C13H26N2O3/c1-4-7-14-12(13(16)17-3)10-15(2)11-5-8-18-9-6-11/h11-12,14H,4-10H2,1-3H3. The van der Waals surface area contributed by atoms with Gasteiger partial charge in [0.2, 0.25) is 0 Å². The predicted octanol–water partition coefficient (Wildman–Crippen LogP) is 0.638. The van der Waals surface area contributed by atoms with Crippen LogP contribution in [0.15, 0.2) is 0 Å². The molecule has 1 aliphatic heterocycles. The van der Waals surface area contributed by atoms with Crippen LogP contribution in [-0.2, 0) is 14.3 Å². The number of likely N-dealkylation sites (N-methyl/N-ethyl adjacent to an activating group) is 1. The van der Waals surface area contributed by atoms with Gasteiger partial charge in [0.25, 0.3) is 0 Å². The third kappa shape index (κ3) is 4.92. The molecule has 0 spiro atoms. The maximum absolute atomic E-state index is 11.7. The molecule has 1 fully saturated rings. The van der Waals surface area contributed by atoms with Crippen LogP contribution in [0.3, 0.4) is 0 Å². The van der Waals surface area contributed by atoms with Crippen LogP contribution in [0.25, 0.3) is 0 Å². The van der Waals surface area contributed by atoms with Crippen molar-refractivity contribution in [2.45, 2.75) is 38.3 Å². The lowest BCUT2D eigenvalue weighted by Crippen LogP contribution is -2.49. The van der Waals surface area contributed by atoms with E-state index in [1.54, 1.807) is 0 Å². The van der Waals surface area contributed by atoms with Gasteiger partial charge in [0.15, 0.2) is 0 Å². The molecule has 1 heterocycles. The van der Waals surface area contributed by atoms with Crippen LogP contribution in [0.5, 0.6) is 0 Å². The summed E-state index contributed by atoms with van der Waals surface area (Å²) in [5.74, 6) is -0.178. The van der Waals surface area contributed by atoms with Crippen LogP contribution in [-0.4, -0.2) is 63.4 Å². The van der Waals surface area contributed by atoms with Crippen molar-refractivity contribution < 1.29 is 14.3 Å². The van der Waals surface area contributed by atoms with Gasteiger partial charge in [-0.15, -0.1) is 0 Å². The molecule has 5 nitrogen and oxygen atoms in total. The fourth-order valence-electron chi connectivity index (χ4n) is 2.25. The molecule has 18 heavy (non-hydrogen) atoms. The lowest BCUT2D eigenvalue weighted by molar-refractivity contribution is -0.143. The maximum Gasteiger partial charge on any atom is 0.324 e. The summed E-state index contributed by atoms with van der Waals surface area (Å²) in [6.07, 6.45) is 3.09. The lowest BCUT2D eigenvalue weighted by atomic mass is 10.1. The van der Waals surface area contributed by atoms with Gasteiger partial charge in [0.05, 0.1) is 7.11 Å². The topological polar surface area (TPSA) is 50.8 Å². The number of methoxy groups -OCH3 is 1. The normalized spacial score (nSPS) is 18.9. The number of hydrogen-bond donors (Lipinski definition) is 1. The van der Waals surface area contributed by atoms with Gasteiger partial charge in [-0.05, 0) is 32.9 Å². The minimum atomic E-state index is -0.234. The van der Waals surface area contributed by atoms with E-state index in [0.29, 0.717) is 12.6 Å². The zero-order chi connectivity index (χ0) is 13.4. The van der Waals surface area contributed by atoms with Gasteiger partial charge in [0, 0.05) is 25.8 Å². The highest BCUT2D eigenvalue weighted by molar-refractivity contribution is 5.75. The Morgan fingerprint density at radius 2 is 2.17 bits per heavy atom. The van der Waals surface area contributed by atoms with Crippen molar-refractivity contribution in [2.24, 2.45) is 0 Å². The van der Waals surface area contributed by atoms with Crippen molar-refractivity contribution in [1.82, 2.24) is 10.2 Å². The molecule has 0 aromatic heterocycles. The molecular weight excluding hydrogens is 232 g/mol. The summed E-state index contributed by atoms with van der Waals surface area (Å²) < 4.78 is 10.2. The molecule has 5 heteroatoms. The average Bonchev–Trinajstić information content (AvgIpc) is 2.43. The highest BCUT2D eigenvalue weighted by atomic mass is 16.5. The van der Waals surface area contributed by atoms with Crippen LogP contribution < -0.4 is 5.32 Å². The molecule has 0 bridgehead atoms. The van der Waals surface area contributed by atoms with E-state index >= 15 is 0 Å². The Kier molecular flexibility index (Phi) is 7.23. The molecule has 0 aromatic rings. The second-order valence-corrected chi connectivity index (χ2v) is 4.81. The zero-order valence-corrected chi connectivity index (χ0v) is 11.8. The van der Waals surface area contributed by atoms with Crippen molar-refractivity contribution in [1.29, 1.82) is 0 Å². The van der Waals surface area contributed by atoms with Gasteiger partial charge in [-0.1, -0.05) is 6.92 Å². The highest BCUT2D eigenvalue weighted by Crippen LogP contribution is 2.13. The van der Waals surface area contributed by atoms with E-state index in [2.05, 4.69) is 24.2 Å². The van der Waals surface area contributed by atoms with Crippen LogP contribution >= 0.6 is 0 Å². The number of esters is 1. The zero-order valence-electron chi connectivity index (χ0n) is 11.8. The molecule has 1 saturated heterocycles. The largest absolute Gasteiger partial charge is 0.468 e. The third-order valence-corrected chi connectivity index (χ3v) is 3.41. The molecular formula is C13H26N2O3. The van der Waals surface area contributed by atoms with Crippen molar-refractivity contribution >= 4 is 5.97 Å². The maximum atomic E-state index is 11.7. The summed E-state index contributed by atoms with van der Waals surface area (Å²) in [5, 5.41) is 3.24. The molecule has 0 saturated carbocycles. The van der Waals surface area contributed by atoms with Crippen molar-refractivity contribution in [3.63, 3.8) is 0 Å². The van der Waals surface area contributed by atoms with Crippen LogP contribution in [0.2, 0.25) is 0 Å². The molecule has 1 rings (SSSR count). The van der Waals surface area contributed by atoms with Gasteiger partial charge in [-0.3, -0.25) is 4.79 Å². The first-order valence-corrected chi connectivity index (χ1v) is 6.78. The summed E-state index contributed by atoms with van der Waals surface area (Å²) >= 11 is 0. The van der Waals surface area contributed by atoms with Crippen LogP contribution in [0.1, 0.15) is 26.2 Å². The van der Waals surface area contributed by atoms with E-state index in [4.69, 9.17) is 9.47 Å². The molecule has 0 radical (unpaired) electrons. The Morgan fingerprint density at radius 3 is 2.72 bits per heavy atom. The van der Waals surface area contributed by atoms with Crippen molar-refractivity contribution in [3.05, 3.63) is 0 Å². The Hall–Kier alpha value is -0.650. The summed E-state index contributed by atoms with van der Waals surface area (Å²) in [6, 6.07) is 0.275. The molecule has 0 aliphatic carbocycles. The second kappa shape index (κ2) is 8.45. The lowest BCUT2D eigenvalue weighted by Gasteiger charge is -2.33.